The SMILES string of the molecule is C=CCc1ccccc1OCC1(N)CC1. The molecule has 2 rings (SSSR count). The predicted molar refractivity (Wildman–Crippen MR) is 62.0 cm³/mol. The van der Waals surface area contributed by atoms with Crippen LogP contribution in [0.15, 0.2) is 36.9 Å². The number of ether oxygens (including phenoxy) is 1. The maximum Gasteiger partial charge on any atom is 0.122 e. The topological polar surface area (TPSA) is 35.2 Å². The minimum Gasteiger partial charge on any atom is -0.491 e. The minimum absolute atomic E-state index is 0.0543. The molecule has 0 unspecified atom stereocenters. The number of hydrogen-bond donors (Lipinski definition) is 1. The van der Waals surface area contributed by atoms with Crippen molar-refractivity contribution in [2.45, 2.75) is 24.8 Å². The highest BCUT2D eigenvalue weighted by molar-refractivity contribution is 5.34. The molecule has 2 heteroatoms. The maximum absolute atomic E-state index is 5.97. The summed E-state index contributed by atoms with van der Waals surface area (Å²) in [6, 6.07) is 8.05. The Morgan fingerprint density at radius 1 is 1.40 bits per heavy atom. The van der Waals surface area contributed by atoms with Crippen molar-refractivity contribution in [3.63, 3.8) is 0 Å². The molecule has 1 aromatic carbocycles. The molecule has 1 aliphatic rings. The summed E-state index contributed by atoms with van der Waals surface area (Å²) in [6.45, 7) is 4.36. The molecule has 80 valence electrons. The Morgan fingerprint density at radius 3 is 2.80 bits per heavy atom. The number of allylic oxidation sites excluding steroid dienone is 1. The van der Waals surface area contributed by atoms with Gasteiger partial charge in [0.2, 0.25) is 0 Å². The van der Waals surface area contributed by atoms with Crippen molar-refractivity contribution in [1.82, 2.24) is 0 Å². The van der Waals surface area contributed by atoms with E-state index >= 15 is 0 Å². The molecule has 1 aromatic rings. The third-order valence-electron chi connectivity index (χ3n) is 2.74. The van der Waals surface area contributed by atoms with E-state index in [0.717, 1.165) is 25.0 Å². The Labute approximate surface area is 90.7 Å². The Bertz CT molecular complexity index is 355. The summed E-state index contributed by atoms with van der Waals surface area (Å²) in [4.78, 5) is 0. The fourth-order valence-corrected chi connectivity index (χ4v) is 1.50. The van der Waals surface area contributed by atoms with Crippen LogP contribution >= 0.6 is 0 Å². The number of benzene rings is 1. The van der Waals surface area contributed by atoms with Crippen LogP contribution in [0.25, 0.3) is 0 Å². The van der Waals surface area contributed by atoms with Crippen molar-refractivity contribution in [3.8, 4) is 5.75 Å². The lowest BCUT2D eigenvalue weighted by Crippen LogP contribution is -2.29. The summed E-state index contributed by atoms with van der Waals surface area (Å²) < 4.78 is 5.74. The third kappa shape index (κ3) is 2.60. The summed E-state index contributed by atoms with van der Waals surface area (Å²) in [5.74, 6) is 0.939. The van der Waals surface area contributed by atoms with E-state index in [-0.39, 0.29) is 5.54 Å². The van der Waals surface area contributed by atoms with Crippen LogP contribution in [0.4, 0.5) is 0 Å². The fraction of sp³-hybridized carbons (Fsp3) is 0.385. The molecule has 0 spiro atoms. The first kappa shape index (κ1) is 10.2. The molecule has 1 aliphatic carbocycles. The molecule has 0 heterocycles. The second-order valence-corrected chi connectivity index (χ2v) is 4.25. The van der Waals surface area contributed by atoms with Gasteiger partial charge in [-0.05, 0) is 30.9 Å². The monoisotopic (exact) mass is 203 g/mol. The average Bonchev–Trinajstić information content (AvgIpc) is 2.97. The van der Waals surface area contributed by atoms with E-state index in [1.54, 1.807) is 0 Å². The van der Waals surface area contributed by atoms with Gasteiger partial charge in [-0.15, -0.1) is 6.58 Å². The lowest BCUT2D eigenvalue weighted by molar-refractivity contribution is 0.277. The molecule has 1 saturated carbocycles. The molecule has 0 atom stereocenters. The van der Waals surface area contributed by atoms with Crippen molar-refractivity contribution in [2.24, 2.45) is 5.73 Å². The van der Waals surface area contributed by atoms with Crippen LogP contribution < -0.4 is 10.5 Å². The first-order chi connectivity index (χ1) is 7.23. The lowest BCUT2D eigenvalue weighted by Gasteiger charge is -2.13. The van der Waals surface area contributed by atoms with Crippen LogP contribution in [0.2, 0.25) is 0 Å². The summed E-state index contributed by atoms with van der Waals surface area (Å²) in [5, 5.41) is 0. The third-order valence-corrected chi connectivity index (χ3v) is 2.74. The van der Waals surface area contributed by atoms with Gasteiger partial charge in [0.25, 0.3) is 0 Å². The number of nitrogens with two attached hydrogens (primary N) is 1. The molecule has 0 amide bonds. The Kier molecular flexibility index (Phi) is 2.78. The van der Waals surface area contributed by atoms with Crippen LogP contribution in [0.5, 0.6) is 5.75 Å². The van der Waals surface area contributed by atoms with Gasteiger partial charge in [-0.25, -0.2) is 0 Å². The second-order valence-electron chi connectivity index (χ2n) is 4.25. The van der Waals surface area contributed by atoms with Gasteiger partial charge in [0.1, 0.15) is 12.4 Å². The van der Waals surface area contributed by atoms with Gasteiger partial charge < -0.3 is 10.5 Å². The van der Waals surface area contributed by atoms with Gasteiger partial charge in [0.15, 0.2) is 0 Å². The Balaban J connectivity index is 2.02. The Hall–Kier alpha value is -1.28. The molecule has 0 saturated heterocycles. The van der Waals surface area contributed by atoms with Crippen molar-refractivity contribution >= 4 is 0 Å². The number of hydrogen-bond acceptors (Lipinski definition) is 2. The van der Waals surface area contributed by atoms with Crippen molar-refractivity contribution in [3.05, 3.63) is 42.5 Å². The zero-order chi connectivity index (χ0) is 10.7. The summed E-state index contributed by atoms with van der Waals surface area (Å²) in [7, 11) is 0. The van der Waals surface area contributed by atoms with Gasteiger partial charge in [-0.1, -0.05) is 24.3 Å². The van der Waals surface area contributed by atoms with Crippen molar-refractivity contribution in [2.75, 3.05) is 6.61 Å². The molecule has 1 fully saturated rings. The molecule has 0 aliphatic heterocycles. The molecule has 0 bridgehead atoms. The highest BCUT2D eigenvalue weighted by Crippen LogP contribution is 2.33. The number of rotatable bonds is 5. The van der Waals surface area contributed by atoms with E-state index in [1.165, 1.54) is 5.56 Å². The van der Waals surface area contributed by atoms with Gasteiger partial charge >= 0.3 is 0 Å². The largest absolute Gasteiger partial charge is 0.491 e. The summed E-state index contributed by atoms with van der Waals surface area (Å²) in [6.07, 6.45) is 4.89. The van der Waals surface area contributed by atoms with Gasteiger partial charge in [-0.2, -0.15) is 0 Å². The molecule has 0 aromatic heterocycles. The second kappa shape index (κ2) is 4.07. The smallest absolute Gasteiger partial charge is 0.122 e. The van der Waals surface area contributed by atoms with Crippen LogP contribution in [-0.2, 0) is 6.42 Å². The fourth-order valence-electron chi connectivity index (χ4n) is 1.50. The van der Waals surface area contributed by atoms with Gasteiger partial charge in [0, 0.05) is 0 Å². The van der Waals surface area contributed by atoms with Crippen LogP contribution in [-0.4, -0.2) is 12.1 Å². The first-order valence-corrected chi connectivity index (χ1v) is 5.34. The number of para-hydroxylation sites is 1. The normalized spacial score (nSPS) is 17.1. The zero-order valence-electron chi connectivity index (χ0n) is 8.91. The van der Waals surface area contributed by atoms with Crippen molar-refractivity contribution < 1.29 is 4.74 Å². The van der Waals surface area contributed by atoms with Crippen LogP contribution in [0.1, 0.15) is 18.4 Å². The maximum atomic E-state index is 5.97. The van der Waals surface area contributed by atoms with Gasteiger partial charge in [-0.3, -0.25) is 0 Å². The van der Waals surface area contributed by atoms with Crippen molar-refractivity contribution in [1.29, 1.82) is 0 Å². The highest BCUT2D eigenvalue weighted by Gasteiger charge is 2.39. The highest BCUT2D eigenvalue weighted by atomic mass is 16.5. The van der Waals surface area contributed by atoms with Gasteiger partial charge in [0.05, 0.1) is 5.54 Å². The van der Waals surface area contributed by atoms with E-state index in [2.05, 4.69) is 12.6 Å². The molecule has 2 nitrogen and oxygen atoms in total. The van der Waals surface area contributed by atoms with E-state index in [1.807, 2.05) is 24.3 Å². The zero-order valence-corrected chi connectivity index (χ0v) is 8.91. The van der Waals surface area contributed by atoms with E-state index in [0.29, 0.717) is 6.61 Å². The van der Waals surface area contributed by atoms with E-state index < -0.39 is 0 Å². The van der Waals surface area contributed by atoms with E-state index in [9.17, 15) is 0 Å². The average molecular weight is 203 g/mol. The van der Waals surface area contributed by atoms with Crippen LogP contribution in [0.3, 0.4) is 0 Å². The molecule has 2 N–H and O–H groups in total. The molecular formula is C13H17NO. The summed E-state index contributed by atoms with van der Waals surface area (Å²) >= 11 is 0. The Morgan fingerprint density at radius 2 is 2.13 bits per heavy atom. The molecule has 0 radical (unpaired) electrons. The van der Waals surface area contributed by atoms with E-state index in [4.69, 9.17) is 10.5 Å². The summed E-state index contributed by atoms with van der Waals surface area (Å²) in [5.41, 5.74) is 7.10. The standard InChI is InChI=1S/C13H17NO/c1-2-5-11-6-3-4-7-12(11)15-10-13(14)8-9-13/h2-4,6-7H,1,5,8-10,14H2. The quantitative estimate of drug-likeness (QED) is 0.745. The lowest BCUT2D eigenvalue weighted by atomic mass is 10.1. The predicted octanol–water partition coefficient (Wildman–Crippen LogP) is 2.29. The molecular weight excluding hydrogens is 186 g/mol. The minimum atomic E-state index is -0.0543. The van der Waals surface area contributed by atoms with Crippen LogP contribution in [0, 0.1) is 0 Å². The first-order valence-electron chi connectivity index (χ1n) is 5.34. The molecule has 15 heavy (non-hydrogen) atoms.